The second-order valence-corrected chi connectivity index (χ2v) is 6.42. The van der Waals surface area contributed by atoms with Gasteiger partial charge in [-0.3, -0.25) is 5.43 Å². The van der Waals surface area contributed by atoms with Crippen molar-refractivity contribution in [3.63, 3.8) is 0 Å². The van der Waals surface area contributed by atoms with Gasteiger partial charge < -0.3 is 0 Å². The molecule has 0 saturated heterocycles. The van der Waals surface area contributed by atoms with Gasteiger partial charge in [0.05, 0.1) is 16.8 Å². The van der Waals surface area contributed by atoms with Crippen LogP contribution in [0.1, 0.15) is 4.88 Å². The highest BCUT2D eigenvalue weighted by Gasteiger charge is 2.03. The lowest BCUT2D eigenvalue weighted by Crippen LogP contribution is -1.88. The number of hydrogen-bond acceptors (Lipinski definition) is 5. The molecule has 0 saturated carbocycles. The lowest BCUT2D eigenvalue weighted by molar-refractivity contribution is 0.657. The standard InChI is InChI=1S/C14H9ClFN3S2/c15-10-3-1-9(2-4-10)12-8-20-14(18-12)19-17-7-11-5-6-13(16)21-11/h1-8H,(H,18,19)/b17-7+. The SMILES string of the molecule is Fc1ccc(/C=N/Nc2nc(-c3ccc(Cl)cc3)cs2)s1. The summed E-state index contributed by atoms with van der Waals surface area (Å²) in [5, 5.41) is 7.12. The first kappa shape index (κ1) is 14.2. The van der Waals surface area contributed by atoms with Gasteiger partial charge in [0.1, 0.15) is 0 Å². The Kier molecular flexibility index (Phi) is 4.28. The molecule has 106 valence electrons. The monoisotopic (exact) mass is 337 g/mol. The van der Waals surface area contributed by atoms with Crippen LogP contribution in [0.5, 0.6) is 0 Å². The van der Waals surface area contributed by atoms with E-state index in [0.717, 1.165) is 27.5 Å². The normalized spacial score (nSPS) is 11.1. The van der Waals surface area contributed by atoms with E-state index in [0.29, 0.717) is 10.2 Å². The van der Waals surface area contributed by atoms with Crippen molar-refractivity contribution in [2.45, 2.75) is 0 Å². The van der Waals surface area contributed by atoms with E-state index in [1.165, 1.54) is 17.4 Å². The molecule has 3 aromatic rings. The smallest absolute Gasteiger partial charge is 0.203 e. The fourth-order valence-electron chi connectivity index (χ4n) is 1.63. The van der Waals surface area contributed by atoms with Crippen LogP contribution in [0.15, 0.2) is 46.9 Å². The number of anilines is 1. The molecule has 0 amide bonds. The summed E-state index contributed by atoms with van der Waals surface area (Å²) in [5.74, 6) is 0. The zero-order valence-corrected chi connectivity index (χ0v) is 13.0. The summed E-state index contributed by atoms with van der Waals surface area (Å²) in [6, 6.07) is 10.6. The van der Waals surface area contributed by atoms with Crippen molar-refractivity contribution >= 4 is 45.6 Å². The van der Waals surface area contributed by atoms with E-state index in [9.17, 15) is 4.39 Å². The minimum atomic E-state index is -0.226. The van der Waals surface area contributed by atoms with Crippen LogP contribution in [0.2, 0.25) is 5.02 Å². The molecular weight excluding hydrogens is 329 g/mol. The number of halogens is 2. The molecule has 1 N–H and O–H groups in total. The first-order valence-corrected chi connectivity index (χ1v) is 8.04. The zero-order chi connectivity index (χ0) is 14.7. The van der Waals surface area contributed by atoms with Crippen molar-refractivity contribution < 1.29 is 4.39 Å². The van der Waals surface area contributed by atoms with Gasteiger partial charge in [0.15, 0.2) is 5.13 Å². The molecule has 0 fully saturated rings. The van der Waals surface area contributed by atoms with Crippen molar-refractivity contribution in [3.8, 4) is 11.3 Å². The molecule has 2 aromatic heterocycles. The fourth-order valence-corrected chi connectivity index (χ4v) is 3.02. The molecular formula is C14H9ClFN3S2. The topological polar surface area (TPSA) is 37.3 Å². The largest absolute Gasteiger partial charge is 0.253 e. The molecule has 3 nitrogen and oxygen atoms in total. The molecule has 0 aliphatic rings. The van der Waals surface area contributed by atoms with Crippen LogP contribution < -0.4 is 5.43 Å². The lowest BCUT2D eigenvalue weighted by atomic mass is 10.2. The Morgan fingerprint density at radius 3 is 2.71 bits per heavy atom. The number of thiazole rings is 1. The van der Waals surface area contributed by atoms with Gasteiger partial charge in [-0.15, -0.1) is 22.7 Å². The summed E-state index contributed by atoms with van der Waals surface area (Å²) in [5.41, 5.74) is 4.69. The van der Waals surface area contributed by atoms with Gasteiger partial charge in [0.25, 0.3) is 0 Å². The van der Waals surface area contributed by atoms with Gasteiger partial charge in [-0.2, -0.15) is 9.49 Å². The van der Waals surface area contributed by atoms with Crippen molar-refractivity contribution in [1.29, 1.82) is 0 Å². The molecule has 0 radical (unpaired) electrons. The van der Waals surface area contributed by atoms with Gasteiger partial charge in [0.2, 0.25) is 5.13 Å². The molecule has 0 aliphatic heterocycles. The maximum Gasteiger partial charge on any atom is 0.203 e. The number of nitrogens with one attached hydrogen (secondary N) is 1. The Bertz CT molecular complexity index is 765. The highest BCUT2D eigenvalue weighted by Crippen LogP contribution is 2.25. The van der Waals surface area contributed by atoms with Crippen LogP contribution in [0.3, 0.4) is 0 Å². The van der Waals surface area contributed by atoms with Crippen molar-refractivity contribution in [2.24, 2.45) is 5.10 Å². The lowest BCUT2D eigenvalue weighted by Gasteiger charge is -1.96. The van der Waals surface area contributed by atoms with Gasteiger partial charge in [0, 0.05) is 16.0 Å². The number of rotatable bonds is 4. The predicted molar refractivity (Wildman–Crippen MR) is 88.1 cm³/mol. The zero-order valence-electron chi connectivity index (χ0n) is 10.6. The minimum Gasteiger partial charge on any atom is -0.253 e. The number of hydrogen-bond donors (Lipinski definition) is 1. The Morgan fingerprint density at radius 2 is 2.00 bits per heavy atom. The van der Waals surface area contributed by atoms with E-state index in [1.807, 2.05) is 29.6 Å². The fraction of sp³-hybridized carbons (Fsp3) is 0. The van der Waals surface area contributed by atoms with E-state index in [-0.39, 0.29) is 5.13 Å². The van der Waals surface area contributed by atoms with Crippen LogP contribution in [0, 0.1) is 5.13 Å². The maximum atomic E-state index is 12.8. The molecule has 21 heavy (non-hydrogen) atoms. The van der Waals surface area contributed by atoms with E-state index in [2.05, 4.69) is 15.5 Å². The third-order valence-corrected chi connectivity index (χ3v) is 4.40. The van der Waals surface area contributed by atoms with Crippen LogP contribution in [0.4, 0.5) is 9.52 Å². The highest BCUT2D eigenvalue weighted by molar-refractivity contribution is 7.14. The first-order chi connectivity index (χ1) is 10.2. The molecule has 2 heterocycles. The van der Waals surface area contributed by atoms with Crippen LogP contribution >= 0.6 is 34.3 Å². The maximum absolute atomic E-state index is 12.8. The molecule has 0 atom stereocenters. The number of hydrazone groups is 1. The second kappa shape index (κ2) is 6.34. The average molecular weight is 338 g/mol. The third kappa shape index (κ3) is 3.66. The summed E-state index contributed by atoms with van der Waals surface area (Å²) in [6.45, 7) is 0. The molecule has 0 bridgehead atoms. The van der Waals surface area contributed by atoms with E-state index in [1.54, 1.807) is 12.3 Å². The summed E-state index contributed by atoms with van der Waals surface area (Å²) in [6.07, 6.45) is 1.57. The summed E-state index contributed by atoms with van der Waals surface area (Å²) < 4.78 is 12.8. The number of thiophene rings is 1. The van der Waals surface area contributed by atoms with Crippen molar-refractivity contribution in [2.75, 3.05) is 5.43 Å². The number of benzene rings is 1. The molecule has 0 spiro atoms. The quantitative estimate of drug-likeness (QED) is 0.530. The van der Waals surface area contributed by atoms with Crippen LogP contribution in [-0.2, 0) is 0 Å². The third-order valence-electron chi connectivity index (χ3n) is 2.59. The summed E-state index contributed by atoms with van der Waals surface area (Å²) in [4.78, 5) is 5.17. The van der Waals surface area contributed by atoms with Crippen molar-refractivity contribution in [3.05, 3.63) is 56.8 Å². The Morgan fingerprint density at radius 1 is 1.19 bits per heavy atom. The first-order valence-electron chi connectivity index (χ1n) is 5.96. The second-order valence-electron chi connectivity index (χ2n) is 4.06. The predicted octanol–water partition coefficient (Wildman–Crippen LogP) is 5.11. The highest BCUT2D eigenvalue weighted by atomic mass is 35.5. The number of nitrogens with zero attached hydrogens (tertiary/aromatic N) is 2. The van der Waals surface area contributed by atoms with Gasteiger partial charge >= 0.3 is 0 Å². The summed E-state index contributed by atoms with van der Waals surface area (Å²) >= 11 is 8.35. The van der Waals surface area contributed by atoms with Gasteiger partial charge in [-0.05, 0) is 24.3 Å². The summed E-state index contributed by atoms with van der Waals surface area (Å²) in [7, 11) is 0. The average Bonchev–Trinajstić information content (AvgIpc) is 3.09. The molecule has 7 heteroatoms. The minimum absolute atomic E-state index is 0.226. The van der Waals surface area contributed by atoms with E-state index < -0.39 is 0 Å². The molecule has 1 aromatic carbocycles. The van der Waals surface area contributed by atoms with Gasteiger partial charge in [-0.25, -0.2) is 4.98 Å². The Labute approximate surface area is 133 Å². The van der Waals surface area contributed by atoms with Crippen LogP contribution in [-0.4, -0.2) is 11.2 Å². The number of aromatic nitrogens is 1. The Balaban J connectivity index is 1.67. The molecule has 0 aliphatic carbocycles. The van der Waals surface area contributed by atoms with Gasteiger partial charge in [-0.1, -0.05) is 23.7 Å². The van der Waals surface area contributed by atoms with E-state index >= 15 is 0 Å². The molecule has 0 unspecified atom stereocenters. The molecule has 3 rings (SSSR count). The van der Waals surface area contributed by atoms with Crippen molar-refractivity contribution in [1.82, 2.24) is 4.98 Å². The van der Waals surface area contributed by atoms with Crippen LogP contribution in [0.25, 0.3) is 11.3 Å². The van der Waals surface area contributed by atoms with E-state index in [4.69, 9.17) is 11.6 Å². The Hall–Kier alpha value is -1.76.